The van der Waals surface area contributed by atoms with Gasteiger partial charge in [-0.15, -0.1) is 0 Å². The van der Waals surface area contributed by atoms with Gasteiger partial charge in [-0.05, 0) is 25.0 Å². The molecule has 2 aliphatic rings. The number of ether oxygens (including phenoxy) is 1. The molecule has 2 aromatic carbocycles. The summed E-state index contributed by atoms with van der Waals surface area (Å²) in [6, 6.07) is 12.3. The number of piperidine rings is 1. The van der Waals surface area contributed by atoms with Crippen molar-refractivity contribution in [3.05, 3.63) is 64.4 Å². The molecule has 154 valence electrons. The van der Waals surface area contributed by atoms with Gasteiger partial charge >= 0.3 is 6.03 Å². The summed E-state index contributed by atoms with van der Waals surface area (Å²) in [5.74, 6) is 0.496. The molecule has 0 saturated carbocycles. The maximum Gasteiger partial charge on any atom is 0.315 e. The Kier molecular flexibility index (Phi) is 6.21. The molecule has 0 spiro atoms. The summed E-state index contributed by atoms with van der Waals surface area (Å²) in [5, 5.41) is 6.71. The molecule has 0 aliphatic carbocycles. The van der Waals surface area contributed by atoms with Gasteiger partial charge in [-0.25, -0.2) is 9.18 Å². The third kappa shape index (κ3) is 4.82. The Bertz CT molecular complexity index is 871. The zero-order valence-electron chi connectivity index (χ0n) is 16.2. The number of para-hydroxylation sites is 1. The third-order valence-corrected chi connectivity index (χ3v) is 5.90. The highest BCUT2D eigenvalue weighted by molar-refractivity contribution is 6.32. The number of hydrogen-bond donors (Lipinski definition) is 2. The number of carbonyl (C=O) groups is 1. The number of carbonyl (C=O) groups excluding carboxylic acids is 1. The van der Waals surface area contributed by atoms with Crippen LogP contribution in [-0.4, -0.2) is 36.7 Å². The van der Waals surface area contributed by atoms with E-state index < -0.39 is 0 Å². The lowest BCUT2D eigenvalue weighted by molar-refractivity contribution is 0.182. The number of likely N-dealkylation sites (tertiary alicyclic amines) is 1. The first-order chi connectivity index (χ1) is 14.1. The van der Waals surface area contributed by atoms with Gasteiger partial charge < -0.3 is 15.4 Å². The highest BCUT2D eigenvalue weighted by atomic mass is 35.5. The van der Waals surface area contributed by atoms with E-state index in [0.717, 1.165) is 31.5 Å². The van der Waals surface area contributed by atoms with Crippen LogP contribution in [0.4, 0.5) is 9.18 Å². The average molecular weight is 418 g/mol. The molecule has 4 rings (SSSR count). The normalized spacial score (nSPS) is 19.9. The molecule has 0 unspecified atom stereocenters. The van der Waals surface area contributed by atoms with Crippen molar-refractivity contribution in [3.8, 4) is 5.75 Å². The molecule has 0 radical (unpaired) electrons. The summed E-state index contributed by atoms with van der Waals surface area (Å²) < 4.78 is 19.5. The van der Waals surface area contributed by atoms with E-state index in [0.29, 0.717) is 35.9 Å². The molecule has 7 heteroatoms. The van der Waals surface area contributed by atoms with Crippen molar-refractivity contribution < 1.29 is 13.9 Å². The van der Waals surface area contributed by atoms with E-state index in [9.17, 15) is 9.18 Å². The number of urea groups is 1. The molecule has 1 fully saturated rings. The van der Waals surface area contributed by atoms with E-state index in [1.54, 1.807) is 12.1 Å². The maximum absolute atomic E-state index is 13.8. The van der Waals surface area contributed by atoms with E-state index in [-0.39, 0.29) is 23.9 Å². The van der Waals surface area contributed by atoms with Crippen LogP contribution in [0.3, 0.4) is 0 Å². The van der Waals surface area contributed by atoms with Crippen LogP contribution in [0.25, 0.3) is 0 Å². The van der Waals surface area contributed by atoms with Crippen molar-refractivity contribution in [2.75, 3.05) is 19.7 Å². The fourth-order valence-electron chi connectivity index (χ4n) is 4.02. The van der Waals surface area contributed by atoms with Crippen LogP contribution in [-0.2, 0) is 6.54 Å². The van der Waals surface area contributed by atoms with Crippen molar-refractivity contribution in [1.29, 1.82) is 0 Å². The van der Waals surface area contributed by atoms with Gasteiger partial charge in [-0.3, -0.25) is 4.90 Å². The van der Waals surface area contributed by atoms with Crippen LogP contribution < -0.4 is 15.4 Å². The zero-order chi connectivity index (χ0) is 20.2. The molecule has 0 bridgehead atoms. The first kappa shape index (κ1) is 20.0. The molecule has 2 amide bonds. The van der Waals surface area contributed by atoms with Crippen molar-refractivity contribution in [2.45, 2.75) is 37.9 Å². The van der Waals surface area contributed by atoms with E-state index in [1.807, 2.05) is 24.3 Å². The summed E-state index contributed by atoms with van der Waals surface area (Å²) in [7, 11) is 0. The van der Waals surface area contributed by atoms with E-state index >= 15 is 0 Å². The predicted octanol–water partition coefficient (Wildman–Crippen LogP) is 4.27. The summed E-state index contributed by atoms with van der Waals surface area (Å²) in [6.45, 7) is 2.78. The van der Waals surface area contributed by atoms with Crippen molar-refractivity contribution in [1.82, 2.24) is 15.5 Å². The Hall–Kier alpha value is -2.31. The Morgan fingerprint density at radius 1 is 1.10 bits per heavy atom. The van der Waals surface area contributed by atoms with E-state index in [4.69, 9.17) is 16.3 Å². The molecule has 2 N–H and O–H groups in total. The van der Waals surface area contributed by atoms with E-state index in [2.05, 4.69) is 15.5 Å². The Morgan fingerprint density at radius 2 is 1.90 bits per heavy atom. The Labute approximate surface area is 175 Å². The summed E-state index contributed by atoms with van der Waals surface area (Å²) in [6.07, 6.45) is 2.40. The summed E-state index contributed by atoms with van der Waals surface area (Å²) in [4.78, 5) is 14.8. The predicted molar refractivity (Wildman–Crippen MR) is 111 cm³/mol. The number of benzene rings is 2. The molecule has 2 aliphatic heterocycles. The number of amides is 2. The highest BCUT2D eigenvalue weighted by Gasteiger charge is 2.26. The fourth-order valence-corrected chi connectivity index (χ4v) is 4.26. The van der Waals surface area contributed by atoms with Gasteiger partial charge in [0, 0.05) is 43.2 Å². The SMILES string of the molecule is O=C(NC1CCN(Cc2ccccc2F)CC1)N[C@H]1CCOc2c(Cl)cccc21. The van der Waals surface area contributed by atoms with Crippen LogP contribution in [0.5, 0.6) is 5.75 Å². The number of hydrogen-bond acceptors (Lipinski definition) is 3. The number of nitrogens with one attached hydrogen (secondary N) is 2. The molecule has 2 heterocycles. The Morgan fingerprint density at radius 3 is 2.69 bits per heavy atom. The molecule has 0 aromatic heterocycles. The van der Waals surface area contributed by atoms with Crippen LogP contribution in [0.15, 0.2) is 42.5 Å². The van der Waals surface area contributed by atoms with Crippen molar-refractivity contribution >= 4 is 17.6 Å². The maximum atomic E-state index is 13.8. The monoisotopic (exact) mass is 417 g/mol. The van der Waals surface area contributed by atoms with Gasteiger partial charge in [-0.2, -0.15) is 0 Å². The number of nitrogens with zero attached hydrogens (tertiary/aromatic N) is 1. The van der Waals surface area contributed by atoms with Crippen LogP contribution in [0, 0.1) is 5.82 Å². The molecule has 1 atom stereocenters. The molecule has 5 nitrogen and oxygen atoms in total. The van der Waals surface area contributed by atoms with Gasteiger partial charge in [0.1, 0.15) is 11.6 Å². The smallest absolute Gasteiger partial charge is 0.315 e. The number of halogens is 2. The van der Waals surface area contributed by atoms with Gasteiger partial charge in [-0.1, -0.05) is 41.9 Å². The standard InChI is InChI=1S/C22H25ClFN3O2/c23-18-6-3-5-17-20(10-13-29-21(17)18)26-22(28)25-16-8-11-27(12-9-16)14-15-4-1-2-7-19(15)24/h1-7,16,20H,8-14H2,(H2,25,26,28)/t20-/m0/s1. The second-order valence-electron chi connectivity index (χ2n) is 7.61. The minimum absolute atomic E-state index is 0.112. The van der Waals surface area contributed by atoms with Gasteiger partial charge in [0.2, 0.25) is 0 Å². The lowest BCUT2D eigenvalue weighted by Gasteiger charge is -2.33. The quantitative estimate of drug-likeness (QED) is 0.781. The molecule has 2 aromatic rings. The third-order valence-electron chi connectivity index (χ3n) is 5.61. The lowest BCUT2D eigenvalue weighted by atomic mass is 10.0. The van der Waals surface area contributed by atoms with Crippen LogP contribution in [0.1, 0.15) is 36.4 Å². The summed E-state index contributed by atoms with van der Waals surface area (Å²) >= 11 is 6.20. The molecular formula is C22H25ClFN3O2. The topological polar surface area (TPSA) is 53.6 Å². The highest BCUT2D eigenvalue weighted by Crippen LogP contribution is 2.37. The minimum Gasteiger partial charge on any atom is -0.492 e. The summed E-state index contributed by atoms with van der Waals surface area (Å²) in [5.41, 5.74) is 1.63. The fraction of sp³-hybridized carbons (Fsp3) is 0.409. The van der Waals surface area contributed by atoms with E-state index in [1.165, 1.54) is 6.07 Å². The van der Waals surface area contributed by atoms with Crippen molar-refractivity contribution in [3.63, 3.8) is 0 Å². The molecule has 29 heavy (non-hydrogen) atoms. The van der Waals surface area contributed by atoms with Crippen LogP contribution in [0.2, 0.25) is 5.02 Å². The number of fused-ring (bicyclic) bond motifs is 1. The lowest BCUT2D eigenvalue weighted by Crippen LogP contribution is -2.48. The van der Waals surface area contributed by atoms with Crippen molar-refractivity contribution in [2.24, 2.45) is 0 Å². The Balaban J connectivity index is 1.27. The van der Waals surface area contributed by atoms with Gasteiger partial charge in [0.05, 0.1) is 17.7 Å². The van der Waals surface area contributed by atoms with Crippen LogP contribution >= 0.6 is 11.6 Å². The largest absolute Gasteiger partial charge is 0.492 e. The zero-order valence-corrected chi connectivity index (χ0v) is 16.9. The number of rotatable bonds is 4. The molecule has 1 saturated heterocycles. The molecular weight excluding hydrogens is 393 g/mol. The minimum atomic E-state index is -0.171. The van der Waals surface area contributed by atoms with Gasteiger partial charge in [0.15, 0.2) is 0 Å². The van der Waals surface area contributed by atoms with Gasteiger partial charge in [0.25, 0.3) is 0 Å². The first-order valence-corrected chi connectivity index (χ1v) is 10.4. The first-order valence-electron chi connectivity index (χ1n) is 10.0. The second kappa shape index (κ2) is 9.01. The second-order valence-corrected chi connectivity index (χ2v) is 8.01. The average Bonchev–Trinajstić information content (AvgIpc) is 2.72.